The number of benzene rings is 1. The Hall–Kier alpha value is -1.30. The molecule has 0 unspecified atom stereocenters. The van der Waals surface area contributed by atoms with Crippen LogP contribution in [0.2, 0.25) is 0 Å². The number of rotatable bonds is 6. The number of hydrogen-bond acceptors (Lipinski definition) is 4. The lowest BCUT2D eigenvalue weighted by Gasteiger charge is -2.09. The maximum atomic E-state index is 13.6. The molecule has 0 spiro atoms. The summed E-state index contributed by atoms with van der Waals surface area (Å²) in [6.45, 7) is 1.46. The van der Waals surface area contributed by atoms with E-state index in [1.807, 2.05) is 6.92 Å². The number of carbonyl (C=O) groups excluding carboxylic acids is 1. The molecule has 1 aromatic carbocycles. The monoisotopic (exact) mass is 276 g/mol. The molecule has 0 saturated heterocycles. The lowest BCUT2D eigenvalue weighted by Crippen LogP contribution is -2.14. The molecule has 0 aliphatic heterocycles. The highest BCUT2D eigenvalue weighted by molar-refractivity contribution is 7.99. The zero-order valence-corrected chi connectivity index (χ0v) is 11.0. The minimum Gasteiger partial charge on any atom is -0.476 e. The van der Waals surface area contributed by atoms with Crippen molar-refractivity contribution >= 4 is 17.7 Å². The maximum absolute atomic E-state index is 13.6. The third-order valence-corrected chi connectivity index (χ3v) is 3.19. The third-order valence-electron chi connectivity index (χ3n) is 2.01. The number of methoxy groups -OCH3 is 1. The van der Waals surface area contributed by atoms with Crippen molar-refractivity contribution in [2.45, 2.75) is 18.2 Å². The van der Waals surface area contributed by atoms with Crippen LogP contribution in [0.5, 0.6) is 5.75 Å². The SMILES string of the molecule is CCCSc1cc(F)c(OCC(=O)OC)c(F)c1. The van der Waals surface area contributed by atoms with E-state index in [4.69, 9.17) is 4.74 Å². The molecule has 6 heteroatoms. The second-order valence-corrected chi connectivity index (χ2v) is 4.60. The first-order chi connectivity index (χ1) is 8.58. The van der Waals surface area contributed by atoms with Gasteiger partial charge < -0.3 is 9.47 Å². The molecule has 0 fully saturated rings. The van der Waals surface area contributed by atoms with Crippen LogP contribution in [0.25, 0.3) is 0 Å². The predicted octanol–water partition coefficient (Wildman–Crippen LogP) is 3.02. The van der Waals surface area contributed by atoms with E-state index >= 15 is 0 Å². The molecule has 0 amide bonds. The number of esters is 1. The van der Waals surface area contributed by atoms with E-state index in [9.17, 15) is 13.6 Å². The zero-order valence-electron chi connectivity index (χ0n) is 10.2. The highest BCUT2D eigenvalue weighted by Crippen LogP contribution is 2.28. The van der Waals surface area contributed by atoms with Crippen molar-refractivity contribution in [2.24, 2.45) is 0 Å². The average molecular weight is 276 g/mol. The van der Waals surface area contributed by atoms with E-state index < -0.39 is 30.0 Å². The molecule has 1 rings (SSSR count). The molecular weight excluding hydrogens is 262 g/mol. The molecule has 0 N–H and O–H groups in total. The van der Waals surface area contributed by atoms with E-state index in [2.05, 4.69) is 4.74 Å². The molecule has 0 bridgehead atoms. The predicted molar refractivity (Wildman–Crippen MR) is 64.9 cm³/mol. The Bertz CT molecular complexity index is 401. The molecule has 18 heavy (non-hydrogen) atoms. The van der Waals surface area contributed by atoms with E-state index in [0.29, 0.717) is 4.90 Å². The summed E-state index contributed by atoms with van der Waals surface area (Å²) in [7, 11) is 1.17. The fourth-order valence-corrected chi connectivity index (χ4v) is 1.98. The van der Waals surface area contributed by atoms with Gasteiger partial charge in [0.05, 0.1) is 7.11 Å². The third kappa shape index (κ3) is 4.18. The van der Waals surface area contributed by atoms with Gasteiger partial charge in [0.1, 0.15) is 0 Å². The van der Waals surface area contributed by atoms with E-state index in [0.717, 1.165) is 12.2 Å². The number of halogens is 2. The number of carbonyl (C=O) groups is 1. The second kappa shape index (κ2) is 7.20. The highest BCUT2D eigenvalue weighted by Gasteiger charge is 2.14. The number of ether oxygens (including phenoxy) is 2. The van der Waals surface area contributed by atoms with Crippen molar-refractivity contribution in [3.8, 4) is 5.75 Å². The van der Waals surface area contributed by atoms with Crippen LogP contribution in [0.3, 0.4) is 0 Å². The smallest absolute Gasteiger partial charge is 0.343 e. The normalized spacial score (nSPS) is 10.2. The summed E-state index contributed by atoms with van der Waals surface area (Å²) >= 11 is 1.36. The van der Waals surface area contributed by atoms with Gasteiger partial charge in [-0.1, -0.05) is 6.92 Å². The minimum atomic E-state index is -0.822. The van der Waals surface area contributed by atoms with Crippen molar-refractivity contribution in [1.82, 2.24) is 0 Å². The van der Waals surface area contributed by atoms with Crippen LogP contribution >= 0.6 is 11.8 Å². The minimum absolute atomic E-state index is 0.497. The van der Waals surface area contributed by atoms with Crippen molar-refractivity contribution in [1.29, 1.82) is 0 Å². The summed E-state index contributed by atoms with van der Waals surface area (Å²) in [6, 6.07) is 2.38. The van der Waals surface area contributed by atoms with Crippen LogP contribution in [0.15, 0.2) is 17.0 Å². The summed E-state index contributed by atoms with van der Waals surface area (Å²) in [6.07, 6.45) is 0.911. The van der Waals surface area contributed by atoms with Gasteiger partial charge in [-0.2, -0.15) is 0 Å². The Morgan fingerprint density at radius 1 is 1.33 bits per heavy atom. The molecule has 0 aliphatic carbocycles. The standard InChI is InChI=1S/C12H14F2O3S/c1-3-4-18-8-5-9(13)12(10(14)6-8)17-7-11(15)16-2/h5-6H,3-4,7H2,1-2H3. The van der Waals surface area contributed by atoms with Gasteiger partial charge in [0.15, 0.2) is 24.0 Å². The van der Waals surface area contributed by atoms with Crippen molar-refractivity contribution in [2.75, 3.05) is 19.5 Å². The summed E-state index contributed by atoms with van der Waals surface area (Å²) in [4.78, 5) is 11.3. The zero-order chi connectivity index (χ0) is 13.5. The Morgan fingerprint density at radius 2 is 1.94 bits per heavy atom. The summed E-state index contributed by atoms with van der Waals surface area (Å²) < 4.78 is 36.2. The summed E-state index contributed by atoms with van der Waals surface area (Å²) in [5.41, 5.74) is 0. The van der Waals surface area contributed by atoms with Gasteiger partial charge >= 0.3 is 5.97 Å². The van der Waals surface area contributed by atoms with E-state index in [1.54, 1.807) is 0 Å². The molecule has 0 heterocycles. The van der Waals surface area contributed by atoms with Gasteiger partial charge in [-0.25, -0.2) is 13.6 Å². The van der Waals surface area contributed by atoms with Gasteiger partial charge in [-0.15, -0.1) is 11.8 Å². The fraction of sp³-hybridized carbons (Fsp3) is 0.417. The van der Waals surface area contributed by atoms with Crippen LogP contribution < -0.4 is 4.74 Å². The highest BCUT2D eigenvalue weighted by atomic mass is 32.2. The van der Waals surface area contributed by atoms with Gasteiger partial charge in [-0.3, -0.25) is 0 Å². The Labute approximate surface area is 108 Å². The molecule has 1 aromatic rings. The van der Waals surface area contributed by atoms with Gasteiger partial charge in [0.25, 0.3) is 0 Å². The van der Waals surface area contributed by atoms with Crippen molar-refractivity contribution in [3.63, 3.8) is 0 Å². The Balaban J connectivity index is 2.77. The quantitative estimate of drug-likeness (QED) is 0.591. The maximum Gasteiger partial charge on any atom is 0.343 e. The molecule has 100 valence electrons. The topological polar surface area (TPSA) is 35.5 Å². The first kappa shape index (κ1) is 14.8. The van der Waals surface area contributed by atoms with Crippen LogP contribution in [0.1, 0.15) is 13.3 Å². The van der Waals surface area contributed by atoms with Crippen LogP contribution in [-0.2, 0) is 9.53 Å². The van der Waals surface area contributed by atoms with Crippen LogP contribution in [-0.4, -0.2) is 25.4 Å². The molecule has 0 radical (unpaired) electrons. The molecule has 0 saturated carbocycles. The van der Waals surface area contributed by atoms with Gasteiger partial charge in [0.2, 0.25) is 0 Å². The fourth-order valence-electron chi connectivity index (χ4n) is 1.17. The van der Waals surface area contributed by atoms with E-state index in [1.165, 1.54) is 31.0 Å². The molecular formula is C12H14F2O3S. The largest absolute Gasteiger partial charge is 0.476 e. The lowest BCUT2D eigenvalue weighted by atomic mass is 10.3. The molecule has 0 aromatic heterocycles. The second-order valence-electron chi connectivity index (χ2n) is 3.43. The van der Waals surface area contributed by atoms with Crippen LogP contribution in [0, 0.1) is 11.6 Å². The van der Waals surface area contributed by atoms with Crippen molar-refractivity contribution in [3.05, 3.63) is 23.8 Å². The first-order valence-corrected chi connectivity index (χ1v) is 6.38. The van der Waals surface area contributed by atoms with Crippen molar-refractivity contribution < 1.29 is 23.0 Å². The summed E-state index contributed by atoms with van der Waals surface area (Å²) in [5.74, 6) is -2.11. The molecule has 3 nitrogen and oxygen atoms in total. The summed E-state index contributed by atoms with van der Waals surface area (Å²) in [5, 5.41) is 0. The Kier molecular flexibility index (Phi) is 5.91. The number of thioether (sulfide) groups is 1. The van der Waals surface area contributed by atoms with Crippen LogP contribution in [0.4, 0.5) is 8.78 Å². The van der Waals surface area contributed by atoms with Gasteiger partial charge in [-0.05, 0) is 24.3 Å². The lowest BCUT2D eigenvalue weighted by molar-refractivity contribution is -0.143. The molecule has 0 atom stereocenters. The first-order valence-electron chi connectivity index (χ1n) is 5.40. The molecule has 0 aliphatic rings. The van der Waals surface area contributed by atoms with Gasteiger partial charge in [0, 0.05) is 4.90 Å². The number of hydrogen-bond donors (Lipinski definition) is 0. The van der Waals surface area contributed by atoms with E-state index in [-0.39, 0.29) is 0 Å². The average Bonchev–Trinajstić information content (AvgIpc) is 2.34. The Morgan fingerprint density at radius 3 is 2.44 bits per heavy atom.